The Hall–Kier alpha value is -0.420. The Morgan fingerprint density at radius 3 is 2.89 bits per heavy atom. The van der Waals surface area contributed by atoms with Crippen LogP contribution in [0.25, 0.3) is 0 Å². The summed E-state index contributed by atoms with van der Waals surface area (Å²) in [4.78, 5) is 0. The number of hydrogen-bond donors (Lipinski definition) is 1. The molecule has 2 rings (SSSR count). The Morgan fingerprint density at radius 1 is 1.56 bits per heavy atom. The molecule has 102 valence electrons. The third kappa shape index (κ3) is 2.77. The van der Waals surface area contributed by atoms with Crippen LogP contribution in [0.2, 0.25) is 0 Å². The quantitative estimate of drug-likeness (QED) is 0.905. The monoisotopic (exact) mass is 317 g/mol. The summed E-state index contributed by atoms with van der Waals surface area (Å²) in [6.07, 6.45) is 2.52. The predicted octanol–water partition coefficient (Wildman–Crippen LogP) is 2.86. The Balaban J connectivity index is 2.14. The number of nitrogens with zero attached hydrogens (tertiary/aromatic N) is 2. The average molecular weight is 318 g/mol. The predicted molar refractivity (Wildman–Crippen MR) is 74.6 cm³/mol. The molecule has 5 heteroatoms. The molecule has 3 nitrogen and oxygen atoms in total. The van der Waals surface area contributed by atoms with Crippen molar-refractivity contribution in [1.29, 1.82) is 0 Å². The van der Waals surface area contributed by atoms with Crippen molar-refractivity contribution < 1.29 is 4.39 Å². The van der Waals surface area contributed by atoms with Crippen LogP contribution in [0.4, 0.5) is 4.39 Å². The van der Waals surface area contributed by atoms with Crippen molar-refractivity contribution in [3.8, 4) is 0 Å². The number of halogens is 2. The number of nitrogens with one attached hydrogen (secondary N) is 1. The van der Waals surface area contributed by atoms with Crippen LogP contribution in [0.5, 0.6) is 0 Å². The van der Waals surface area contributed by atoms with Gasteiger partial charge in [-0.3, -0.25) is 4.68 Å². The van der Waals surface area contributed by atoms with Crippen LogP contribution < -0.4 is 5.32 Å². The lowest BCUT2D eigenvalue weighted by atomic mass is 10.1. The van der Waals surface area contributed by atoms with Crippen LogP contribution in [0, 0.1) is 0 Å². The van der Waals surface area contributed by atoms with Crippen LogP contribution >= 0.6 is 15.9 Å². The topological polar surface area (TPSA) is 29.9 Å². The fourth-order valence-corrected chi connectivity index (χ4v) is 3.29. The minimum absolute atomic E-state index is 0.0159. The zero-order valence-corrected chi connectivity index (χ0v) is 12.6. The van der Waals surface area contributed by atoms with E-state index in [1.165, 1.54) is 0 Å². The Morgan fingerprint density at radius 2 is 2.33 bits per heavy atom. The molecule has 1 saturated heterocycles. The second-order valence-electron chi connectivity index (χ2n) is 4.80. The first-order valence-electron chi connectivity index (χ1n) is 6.78. The summed E-state index contributed by atoms with van der Waals surface area (Å²) in [6.45, 7) is 5.85. The molecule has 0 radical (unpaired) electrons. The van der Waals surface area contributed by atoms with Crippen LogP contribution in [-0.2, 0) is 19.4 Å². The number of aromatic nitrogens is 2. The highest BCUT2D eigenvalue weighted by Gasteiger charge is 2.27. The average Bonchev–Trinajstić information content (AvgIpc) is 2.99. The maximum absolute atomic E-state index is 14.3. The van der Waals surface area contributed by atoms with Gasteiger partial charge in [0.05, 0.1) is 15.9 Å². The highest BCUT2D eigenvalue weighted by atomic mass is 79.9. The van der Waals surface area contributed by atoms with E-state index in [9.17, 15) is 4.39 Å². The van der Waals surface area contributed by atoms with E-state index in [2.05, 4.69) is 33.3 Å². The van der Waals surface area contributed by atoms with Gasteiger partial charge in [-0.25, -0.2) is 4.39 Å². The third-order valence-electron chi connectivity index (χ3n) is 3.62. The molecule has 2 unspecified atom stereocenters. The number of rotatable bonds is 5. The summed E-state index contributed by atoms with van der Waals surface area (Å²) >= 11 is 3.57. The van der Waals surface area contributed by atoms with Crippen LogP contribution in [0.3, 0.4) is 0 Å². The molecule has 1 N–H and O–H groups in total. The smallest absolute Gasteiger partial charge is 0.121 e. The minimum Gasteiger partial charge on any atom is -0.311 e. The van der Waals surface area contributed by atoms with Crippen molar-refractivity contribution >= 4 is 15.9 Å². The van der Waals surface area contributed by atoms with E-state index in [1.807, 2.05) is 11.6 Å². The Labute approximate surface area is 116 Å². The highest BCUT2D eigenvalue weighted by Crippen LogP contribution is 2.26. The minimum atomic E-state index is -0.824. The van der Waals surface area contributed by atoms with Gasteiger partial charge >= 0.3 is 0 Å². The molecule has 2 heterocycles. The summed E-state index contributed by atoms with van der Waals surface area (Å²) in [7, 11) is 0. The lowest BCUT2D eigenvalue weighted by molar-refractivity contribution is 0.259. The first kappa shape index (κ1) is 14.0. The normalized spacial score (nSPS) is 21.4. The van der Waals surface area contributed by atoms with E-state index < -0.39 is 6.17 Å². The van der Waals surface area contributed by atoms with Crippen molar-refractivity contribution in [3.05, 3.63) is 15.9 Å². The Bertz CT molecular complexity index is 399. The van der Waals surface area contributed by atoms with E-state index >= 15 is 0 Å². The van der Waals surface area contributed by atoms with Crippen molar-refractivity contribution in [2.24, 2.45) is 0 Å². The SMILES string of the molecule is CCc1nn(CC)c(CC(F)C2CCCN2)c1Br. The van der Waals surface area contributed by atoms with Crippen molar-refractivity contribution in [1.82, 2.24) is 15.1 Å². The van der Waals surface area contributed by atoms with Gasteiger partial charge in [0.25, 0.3) is 0 Å². The van der Waals surface area contributed by atoms with Gasteiger partial charge in [-0.05, 0) is 48.7 Å². The van der Waals surface area contributed by atoms with Gasteiger partial charge in [0.2, 0.25) is 0 Å². The van der Waals surface area contributed by atoms with Gasteiger partial charge in [0.1, 0.15) is 6.17 Å². The molecule has 1 aliphatic heterocycles. The van der Waals surface area contributed by atoms with Gasteiger partial charge in [-0.2, -0.15) is 5.10 Å². The summed E-state index contributed by atoms with van der Waals surface area (Å²) in [5.41, 5.74) is 2.02. The van der Waals surface area contributed by atoms with Gasteiger partial charge in [0, 0.05) is 19.0 Å². The molecule has 0 aromatic carbocycles. The van der Waals surface area contributed by atoms with E-state index in [0.717, 1.165) is 48.2 Å². The number of hydrogen-bond acceptors (Lipinski definition) is 2. The molecule has 0 saturated carbocycles. The van der Waals surface area contributed by atoms with Crippen molar-refractivity contribution in [2.45, 2.75) is 58.3 Å². The first-order valence-corrected chi connectivity index (χ1v) is 7.58. The van der Waals surface area contributed by atoms with E-state index in [0.29, 0.717) is 6.42 Å². The van der Waals surface area contributed by atoms with Crippen molar-refractivity contribution in [3.63, 3.8) is 0 Å². The molecule has 0 aliphatic carbocycles. The van der Waals surface area contributed by atoms with Crippen LogP contribution in [-0.4, -0.2) is 28.5 Å². The van der Waals surface area contributed by atoms with Gasteiger partial charge in [0.15, 0.2) is 0 Å². The largest absolute Gasteiger partial charge is 0.311 e. The molecule has 0 amide bonds. The maximum atomic E-state index is 14.3. The van der Waals surface area contributed by atoms with E-state index in [1.54, 1.807) is 0 Å². The lowest BCUT2D eigenvalue weighted by Crippen LogP contribution is -2.33. The third-order valence-corrected chi connectivity index (χ3v) is 4.53. The molecule has 2 atom stereocenters. The van der Waals surface area contributed by atoms with E-state index in [-0.39, 0.29) is 6.04 Å². The van der Waals surface area contributed by atoms with Gasteiger partial charge in [-0.15, -0.1) is 0 Å². The molecule has 1 aromatic heterocycles. The molecule has 1 fully saturated rings. The summed E-state index contributed by atoms with van der Waals surface area (Å²) in [5, 5.41) is 7.74. The highest BCUT2D eigenvalue weighted by molar-refractivity contribution is 9.10. The second-order valence-corrected chi connectivity index (χ2v) is 5.59. The van der Waals surface area contributed by atoms with Crippen LogP contribution in [0.15, 0.2) is 4.47 Å². The molecule has 1 aromatic rings. The van der Waals surface area contributed by atoms with Crippen LogP contribution in [0.1, 0.15) is 38.1 Å². The second kappa shape index (κ2) is 6.15. The molecule has 18 heavy (non-hydrogen) atoms. The van der Waals surface area contributed by atoms with Crippen molar-refractivity contribution in [2.75, 3.05) is 6.54 Å². The molecule has 0 bridgehead atoms. The summed E-state index contributed by atoms with van der Waals surface area (Å²) in [5.74, 6) is 0. The summed E-state index contributed by atoms with van der Waals surface area (Å²) in [6, 6.07) is 0.0159. The molecular weight excluding hydrogens is 297 g/mol. The lowest BCUT2D eigenvalue weighted by Gasteiger charge is -2.16. The number of aryl methyl sites for hydroxylation is 2. The summed E-state index contributed by atoms with van der Waals surface area (Å²) < 4.78 is 17.2. The Kier molecular flexibility index (Phi) is 4.78. The fourth-order valence-electron chi connectivity index (χ4n) is 2.56. The van der Waals surface area contributed by atoms with E-state index in [4.69, 9.17) is 0 Å². The van der Waals surface area contributed by atoms with Gasteiger partial charge in [-0.1, -0.05) is 6.92 Å². The molecular formula is C13H21BrFN3. The zero-order chi connectivity index (χ0) is 13.1. The number of alkyl halides is 1. The fraction of sp³-hybridized carbons (Fsp3) is 0.769. The van der Waals surface area contributed by atoms with Gasteiger partial charge < -0.3 is 5.32 Å². The first-order chi connectivity index (χ1) is 8.67. The maximum Gasteiger partial charge on any atom is 0.121 e. The zero-order valence-electron chi connectivity index (χ0n) is 11.0. The molecule has 1 aliphatic rings. The standard InChI is InChI=1S/C13H21BrFN3/c1-3-10-13(14)12(18(4-2)17-10)8-9(15)11-6-5-7-16-11/h9,11,16H,3-8H2,1-2H3. The molecule has 0 spiro atoms.